The molecule has 0 bridgehead atoms. The van der Waals surface area contributed by atoms with Crippen LogP contribution in [0.5, 0.6) is 0 Å². The third-order valence-electron chi connectivity index (χ3n) is 2.91. The van der Waals surface area contributed by atoms with Gasteiger partial charge >= 0.3 is 0 Å². The van der Waals surface area contributed by atoms with Gasteiger partial charge in [0.25, 0.3) is 0 Å². The molecule has 0 atom stereocenters. The highest BCUT2D eigenvalue weighted by Gasteiger charge is 2.15. The molecule has 0 spiro atoms. The number of nitrogens with one attached hydrogen (secondary N) is 1. The van der Waals surface area contributed by atoms with Crippen LogP contribution in [0.25, 0.3) is 0 Å². The molecule has 1 fully saturated rings. The van der Waals surface area contributed by atoms with E-state index in [0.29, 0.717) is 23.9 Å². The minimum Gasteiger partial charge on any atom is -0.392 e. The molecule has 1 amide bonds. The fraction of sp³-hybridized carbons (Fsp3) is 0.818. The number of carbonyl (C=O) groups is 1. The lowest BCUT2D eigenvalue weighted by Crippen LogP contribution is -2.33. The molecule has 3 N–H and O–H groups in total. The van der Waals surface area contributed by atoms with E-state index in [9.17, 15) is 4.79 Å². The summed E-state index contributed by atoms with van der Waals surface area (Å²) in [6, 6.07) is 0. The van der Waals surface area contributed by atoms with Gasteiger partial charge in [0.05, 0.1) is 11.5 Å². The number of hydrogen-bond acceptors (Lipinski definition) is 2. The maximum absolute atomic E-state index is 11.5. The van der Waals surface area contributed by atoms with Crippen LogP contribution in [0, 0.1) is 5.92 Å². The van der Waals surface area contributed by atoms with Crippen molar-refractivity contribution in [3.05, 3.63) is 0 Å². The van der Waals surface area contributed by atoms with Gasteiger partial charge in [0, 0.05) is 6.42 Å². The summed E-state index contributed by atoms with van der Waals surface area (Å²) in [6.07, 6.45) is 8.22. The molecule has 0 unspecified atom stereocenters. The Morgan fingerprint density at radius 2 is 1.87 bits per heavy atom. The first-order valence-corrected chi connectivity index (χ1v) is 6.14. The predicted molar refractivity (Wildman–Crippen MR) is 65.6 cm³/mol. The molecule has 0 aromatic carbocycles. The van der Waals surface area contributed by atoms with Crippen molar-refractivity contribution in [2.24, 2.45) is 11.7 Å². The molecule has 0 aromatic rings. The Kier molecular flexibility index (Phi) is 5.61. The zero-order chi connectivity index (χ0) is 11.1. The smallest absolute Gasteiger partial charge is 0.220 e. The number of amides is 1. The maximum atomic E-state index is 11.5. The van der Waals surface area contributed by atoms with E-state index in [0.717, 1.165) is 0 Å². The molecule has 0 radical (unpaired) electrons. The summed E-state index contributed by atoms with van der Waals surface area (Å²) in [4.78, 5) is 11.9. The molecule has 1 saturated carbocycles. The van der Waals surface area contributed by atoms with E-state index in [1.807, 2.05) is 0 Å². The van der Waals surface area contributed by atoms with Gasteiger partial charge in [-0.25, -0.2) is 0 Å². The van der Waals surface area contributed by atoms with E-state index in [2.05, 4.69) is 5.32 Å². The average molecular weight is 228 g/mol. The van der Waals surface area contributed by atoms with E-state index in [-0.39, 0.29) is 5.91 Å². The molecular formula is C11H20N2OS. The Bertz CT molecular complexity index is 223. The van der Waals surface area contributed by atoms with Crippen molar-refractivity contribution >= 4 is 23.1 Å². The third kappa shape index (κ3) is 5.72. The molecule has 4 heteroatoms. The first-order valence-electron chi connectivity index (χ1n) is 5.73. The normalized spacial score (nSPS) is 18.1. The summed E-state index contributed by atoms with van der Waals surface area (Å²) < 4.78 is 0. The van der Waals surface area contributed by atoms with Crippen LogP contribution in [0.3, 0.4) is 0 Å². The van der Waals surface area contributed by atoms with Crippen LogP contribution in [-0.4, -0.2) is 17.4 Å². The molecule has 15 heavy (non-hydrogen) atoms. The molecule has 0 aliphatic heterocycles. The summed E-state index contributed by atoms with van der Waals surface area (Å²) in [6.45, 7) is 0.334. The van der Waals surface area contributed by atoms with Crippen molar-refractivity contribution in [3.63, 3.8) is 0 Å². The molecule has 1 aliphatic carbocycles. The number of hydrogen-bond donors (Lipinski definition) is 2. The number of rotatable bonds is 4. The molecule has 1 aliphatic rings. The van der Waals surface area contributed by atoms with Crippen molar-refractivity contribution in [2.45, 2.75) is 44.9 Å². The zero-order valence-corrected chi connectivity index (χ0v) is 9.94. The van der Waals surface area contributed by atoms with E-state index in [4.69, 9.17) is 18.0 Å². The second-order valence-corrected chi connectivity index (χ2v) is 4.83. The van der Waals surface area contributed by atoms with Gasteiger partial charge in [0.1, 0.15) is 0 Å². The van der Waals surface area contributed by atoms with Crippen LogP contribution in [-0.2, 0) is 4.79 Å². The van der Waals surface area contributed by atoms with Crippen molar-refractivity contribution in [2.75, 3.05) is 6.54 Å². The Balaban J connectivity index is 2.20. The minimum absolute atomic E-state index is 0.0923. The lowest BCUT2D eigenvalue weighted by Gasteiger charge is -2.13. The van der Waals surface area contributed by atoms with Gasteiger partial charge in [0.2, 0.25) is 5.91 Å². The van der Waals surface area contributed by atoms with Crippen LogP contribution in [0.1, 0.15) is 44.9 Å². The van der Waals surface area contributed by atoms with Crippen molar-refractivity contribution < 1.29 is 4.79 Å². The van der Waals surface area contributed by atoms with Crippen LogP contribution < -0.4 is 11.1 Å². The number of carbonyl (C=O) groups excluding carboxylic acids is 1. The van der Waals surface area contributed by atoms with Gasteiger partial charge in [-0.15, -0.1) is 0 Å². The van der Waals surface area contributed by atoms with Crippen molar-refractivity contribution in [1.82, 2.24) is 5.32 Å². The Hall–Kier alpha value is -0.640. The van der Waals surface area contributed by atoms with Crippen LogP contribution in [0.15, 0.2) is 0 Å². The van der Waals surface area contributed by atoms with Gasteiger partial charge in [-0.05, 0) is 18.8 Å². The summed E-state index contributed by atoms with van der Waals surface area (Å²) in [5.41, 5.74) is 5.32. The van der Waals surface area contributed by atoms with Gasteiger partial charge < -0.3 is 11.1 Å². The van der Waals surface area contributed by atoms with Crippen LogP contribution in [0.2, 0.25) is 0 Å². The highest BCUT2D eigenvalue weighted by Crippen LogP contribution is 2.25. The van der Waals surface area contributed by atoms with E-state index in [1.165, 1.54) is 38.5 Å². The Morgan fingerprint density at radius 1 is 1.27 bits per heavy atom. The van der Waals surface area contributed by atoms with E-state index < -0.39 is 0 Å². The topological polar surface area (TPSA) is 55.1 Å². The molecule has 3 nitrogen and oxygen atoms in total. The monoisotopic (exact) mass is 228 g/mol. The van der Waals surface area contributed by atoms with Gasteiger partial charge in [0.15, 0.2) is 0 Å². The standard InChI is InChI=1S/C11H20N2OS/c12-10(15)8-13-11(14)7-9-5-3-1-2-4-6-9/h9H,1-8H2,(H2,12,15)(H,13,14). The van der Waals surface area contributed by atoms with Crippen LogP contribution in [0.4, 0.5) is 0 Å². The molecular weight excluding hydrogens is 208 g/mol. The Morgan fingerprint density at radius 3 is 2.40 bits per heavy atom. The summed E-state index contributed by atoms with van der Waals surface area (Å²) in [5, 5.41) is 2.74. The first-order chi connectivity index (χ1) is 7.18. The number of thiocarbonyl (C=S) groups is 1. The predicted octanol–water partition coefficient (Wildman–Crippen LogP) is 1.75. The maximum Gasteiger partial charge on any atom is 0.220 e. The fourth-order valence-electron chi connectivity index (χ4n) is 2.09. The highest BCUT2D eigenvalue weighted by atomic mass is 32.1. The average Bonchev–Trinajstić information content (AvgIpc) is 2.43. The number of nitrogens with two attached hydrogens (primary N) is 1. The summed E-state index contributed by atoms with van der Waals surface area (Å²) >= 11 is 4.70. The second kappa shape index (κ2) is 6.77. The summed E-state index contributed by atoms with van der Waals surface area (Å²) in [7, 11) is 0. The second-order valence-electron chi connectivity index (χ2n) is 4.30. The molecule has 86 valence electrons. The van der Waals surface area contributed by atoms with Gasteiger partial charge in [-0.3, -0.25) is 4.79 Å². The largest absolute Gasteiger partial charge is 0.392 e. The third-order valence-corrected chi connectivity index (χ3v) is 3.05. The zero-order valence-electron chi connectivity index (χ0n) is 9.13. The van der Waals surface area contributed by atoms with E-state index in [1.54, 1.807) is 0 Å². The molecule has 0 heterocycles. The summed E-state index contributed by atoms with van der Waals surface area (Å²) in [5.74, 6) is 0.661. The SMILES string of the molecule is NC(=S)CNC(=O)CC1CCCCCC1. The molecule has 1 rings (SSSR count). The lowest BCUT2D eigenvalue weighted by atomic mass is 9.96. The molecule has 0 saturated heterocycles. The van der Waals surface area contributed by atoms with Gasteiger partial charge in [-0.2, -0.15) is 0 Å². The molecule has 0 aromatic heterocycles. The van der Waals surface area contributed by atoms with E-state index >= 15 is 0 Å². The highest BCUT2D eigenvalue weighted by molar-refractivity contribution is 7.80. The van der Waals surface area contributed by atoms with Gasteiger partial charge in [-0.1, -0.05) is 37.9 Å². The first kappa shape index (κ1) is 12.4. The minimum atomic E-state index is 0.0923. The van der Waals surface area contributed by atoms with Crippen molar-refractivity contribution in [1.29, 1.82) is 0 Å². The lowest BCUT2D eigenvalue weighted by molar-refractivity contribution is -0.121. The Labute approximate surface area is 96.8 Å². The fourth-order valence-corrected chi connectivity index (χ4v) is 2.16. The van der Waals surface area contributed by atoms with Crippen molar-refractivity contribution in [3.8, 4) is 0 Å². The van der Waals surface area contributed by atoms with Crippen LogP contribution >= 0.6 is 12.2 Å². The quantitative estimate of drug-likeness (QED) is 0.569.